The lowest BCUT2D eigenvalue weighted by Gasteiger charge is -2.05. The maximum absolute atomic E-state index is 11.9. The van der Waals surface area contributed by atoms with Crippen LogP contribution in [0.1, 0.15) is 181 Å². The lowest BCUT2D eigenvalue weighted by atomic mass is 10.0. The fourth-order valence-electron chi connectivity index (χ4n) is 4.53. The quantitative estimate of drug-likeness (QED) is 0.0406. The molecule has 0 aromatic heterocycles. The van der Waals surface area contributed by atoms with Crippen molar-refractivity contribution in [3.05, 3.63) is 0 Å². The summed E-state index contributed by atoms with van der Waals surface area (Å²) in [6.45, 7) is 4.54. The fourth-order valence-corrected chi connectivity index (χ4v) is 14.1. The van der Waals surface area contributed by atoms with Crippen molar-refractivity contribution in [2.45, 2.75) is 181 Å². The van der Waals surface area contributed by atoms with Gasteiger partial charge >= 0.3 is 0 Å². The minimum atomic E-state index is 0.127. The maximum atomic E-state index is 11.9. The lowest BCUT2D eigenvalue weighted by molar-refractivity contribution is -0.120. The first-order valence-corrected chi connectivity index (χ1v) is 23.8. The van der Waals surface area contributed by atoms with Gasteiger partial charge in [-0.2, -0.15) is 0 Å². The summed E-state index contributed by atoms with van der Waals surface area (Å²) in [6, 6.07) is 0. The molecule has 0 radical (unpaired) electrons. The van der Waals surface area contributed by atoms with E-state index in [1.165, 1.54) is 150 Å². The van der Waals surface area contributed by atoms with Gasteiger partial charge in [-0.05, 0) is 12.8 Å². The van der Waals surface area contributed by atoms with Crippen molar-refractivity contribution in [2.75, 3.05) is 0 Å². The Hall–Kier alpha value is 1.04. The Labute approximate surface area is 271 Å². The van der Waals surface area contributed by atoms with E-state index in [0.717, 1.165) is 25.7 Å². The maximum Gasteiger partial charge on any atom is 0.230 e. The average molecular weight is 673 g/mol. The van der Waals surface area contributed by atoms with Gasteiger partial charge < -0.3 is 0 Å². The van der Waals surface area contributed by atoms with Crippen LogP contribution in [-0.4, -0.2) is 11.8 Å². The third kappa shape index (κ3) is 35.2. The van der Waals surface area contributed by atoms with Crippen molar-refractivity contribution < 1.29 is 9.59 Å². The number of carbonyl (C=O) groups is 2. The Bertz CT molecular complexity index is 500. The molecule has 0 aliphatic carbocycles. The topological polar surface area (TPSA) is 58.2 Å². The molecule has 10 heteroatoms. The van der Waals surface area contributed by atoms with E-state index in [4.69, 9.17) is 0 Å². The third-order valence-corrected chi connectivity index (χ3v) is 16.5. The zero-order chi connectivity index (χ0) is 29.2. The largest absolute Gasteiger partial charge is 0.290 e. The Morgan fingerprint density at radius 1 is 0.375 bits per heavy atom. The van der Waals surface area contributed by atoms with Gasteiger partial charge in [0.05, 0.1) is 0 Å². The number of unbranched alkanes of at least 4 members (excludes halogenated alkanes) is 22. The number of carbonyl (C=O) groups excluding carboxylic acids is 2. The van der Waals surface area contributed by atoms with Crippen LogP contribution in [0.4, 0.5) is 0 Å². The van der Waals surface area contributed by atoms with Gasteiger partial charge in [-0.3, -0.25) is 19.0 Å². The summed E-state index contributed by atoms with van der Waals surface area (Å²) in [7, 11) is 9.07. The van der Waals surface area contributed by atoms with Crippen LogP contribution in [0.3, 0.4) is 0 Å². The van der Waals surface area contributed by atoms with Crippen LogP contribution < -0.4 is 9.44 Å². The molecule has 0 aromatic rings. The highest BCUT2D eigenvalue weighted by molar-refractivity contribution is 9.41. The van der Waals surface area contributed by atoms with E-state index < -0.39 is 0 Å². The highest BCUT2D eigenvalue weighted by atomic mass is 33.9. The van der Waals surface area contributed by atoms with Gasteiger partial charge in [-0.15, -0.1) is 0 Å². The van der Waals surface area contributed by atoms with E-state index in [2.05, 4.69) is 23.3 Å². The van der Waals surface area contributed by atoms with Crippen LogP contribution >= 0.6 is 61.3 Å². The van der Waals surface area contributed by atoms with Crippen LogP contribution in [0.15, 0.2) is 0 Å². The summed E-state index contributed by atoms with van der Waals surface area (Å²) in [5.74, 6) is 0.254. The second kappa shape index (κ2) is 36.2. The number of nitrogens with one attached hydrogen (secondary N) is 2. The van der Waals surface area contributed by atoms with Gasteiger partial charge in [-0.1, -0.05) is 155 Å². The summed E-state index contributed by atoms with van der Waals surface area (Å²) in [5, 5.41) is 0. The second-order valence-corrected chi connectivity index (χ2v) is 19.6. The van der Waals surface area contributed by atoms with Crippen LogP contribution in [0.25, 0.3) is 0 Å². The van der Waals surface area contributed by atoms with Gasteiger partial charge in [0, 0.05) is 74.1 Å². The van der Waals surface area contributed by atoms with Crippen molar-refractivity contribution in [3.8, 4) is 0 Å². The Balaban J connectivity index is 3.25. The van der Waals surface area contributed by atoms with E-state index in [1.54, 1.807) is 39.3 Å². The minimum Gasteiger partial charge on any atom is -0.290 e. The van der Waals surface area contributed by atoms with Gasteiger partial charge in [-0.25, -0.2) is 0 Å². The average Bonchev–Trinajstić information content (AvgIpc) is 2.95. The zero-order valence-corrected chi connectivity index (χ0v) is 30.5. The first-order valence-electron chi connectivity index (χ1n) is 16.3. The molecule has 0 fully saturated rings. The molecule has 2 amide bonds. The number of rotatable bonds is 33. The molecule has 0 aliphatic rings. The molecule has 0 aromatic carbocycles. The van der Waals surface area contributed by atoms with Crippen LogP contribution in [0.5, 0.6) is 0 Å². The monoisotopic (exact) mass is 672 g/mol. The minimum absolute atomic E-state index is 0.127. The molecular formula is C30H60N2O2S6. The molecule has 4 nitrogen and oxygen atoms in total. The smallest absolute Gasteiger partial charge is 0.230 e. The van der Waals surface area contributed by atoms with Crippen molar-refractivity contribution in [1.82, 2.24) is 9.44 Å². The van der Waals surface area contributed by atoms with Crippen LogP contribution in [-0.2, 0) is 9.59 Å². The van der Waals surface area contributed by atoms with Gasteiger partial charge in [0.25, 0.3) is 0 Å². The zero-order valence-electron chi connectivity index (χ0n) is 25.7. The first kappa shape index (κ1) is 41.0. The van der Waals surface area contributed by atoms with E-state index >= 15 is 0 Å². The molecule has 0 aliphatic heterocycles. The molecule has 0 unspecified atom stereocenters. The summed E-state index contributed by atoms with van der Waals surface area (Å²) >= 11 is 0. The van der Waals surface area contributed by atoms with Crippen molar-refractivity contribution >= 4 is 73.1 Å². The molecule has 0 saturated heterocycles. The molecule has 0 bridgehead atoms. The Kier molecular flexibility index (Phi) is 37.2. The summed E-state index contributed by atoms with van der Waals surface area (Å²) in [4.78, 5) is 23.9. The predicted molar refractivity (Wildman–Crippen MR) is 193 cm³/mol. The number of amides is 2. The van der Waals surface area contributed by atoms with Gasteiger partial charge in [0.15, 0.2) is 0 Å². The normalized spacial score (nSPS) is 11.2. The van der Waals surface area contributed by atoms with E-state index in [1.807, 2.05) is 0 Å². The van der Waals surface area contributed by atoms with Crippen molar-refractivity contribution in [3.63, 3.8) is 0 Å². The predicted octanol–water partition coefficient (Wildman–Crippen LogP) is 13.2. The van der Waals surface area contributed by atoms with Gasteiger partial charge in [0.1, 0.15) is 0 Å². The summed E-state index contributed by atoms with van der Waals surface area (Å²) in [6.07, 6.45) is 32.8. The second-order valence-electron chi connectivity index (χ2n) is 10.8. The Morgan fingerprint density at radius 3 is 0.900 bits per heavy atom. The molecule has 0 atom stereocenters. The highest BCUT2D eigenvalue weighted by Crippen LogP contribution is 2.50. The summed E-state index contributed by atoms with van der Waals surface area (Å²) < 4.78 is 5.82. The van der Waals surface area contributed by atoms with E-state index in [0.29, 0.717) is 12.8 Å². The van der Waals surface area contributed by atoms with Crippen LogP contribution in [0, 0.1) is 0 Å². The first-order chi connectivity index (χ1) is 19.7. The van der Waals surface area contributed by atoms with Gasteiger partial charge in [0.2, 0.25) is 11.8 Å². The molecule has 40 heavy (non-hydrogen) atoms. The third-order valence-electron chi connectivity index (χ3n) is 6.98. The Morgan fingerprint density at radius 2 is 0.625 bits per heavy atom. The number of hydrogen-bond acceptors (Lipinski definition) is 8. The van der Waals surface area contributed by atoms with Crippen molar-refractivity contribution in [1.29, 1.82) is 0 Å². The molecule has 238 valence electrons. The molecular weight excluding hydrogens is 613 g/mol. The van der Waals surface area contributed by atoms with E-state index in [-0.39, 0.29) is 11.8 Å². The molecule has 0 spiro atoms. The molecule has 0 rings (SSSR count). The standard InChI is InChI=1S/C30H60N2O2S6/c1-3-5-7-9-11-13-15-17-19-21-23-25-27-29(33)31-35-37-39-40-38-36-32-30(34)28-26-24-22-20-18-16-14-12-10-8-6-4-2/h3-28H2,1-2H3,(H,31,33)(H,32,34). The number of hydrogen-bond donors (Lipinski definition) is 2. The molecule has 2 N–H and O–H groups in total. The van der Waals surface area contributed by atoms with Crippen molar-refractivity contribution in [2.24, 2.45) is 0 Å². The molecule has 0 saturated carbocycles. The molecule has 0 heterocycles. The summed E-state index contributed by atoms with van der Waals surface area (Å²) in [5.41, 5.74) is 0. The van der Waals surface area contributed by atoms with E-state index in [9.17, 15) is 9.59 Å². The fraction of sp³-hybridized carbons (Fsp3) is 0.933. The SMILES string of the molecule is CCCCCCCCCCCCCCC(=O)NSSSSSSNC(=O)CCCCCCCCCCCCCC. The van der Waals surface area contributed by atoms with Crippen LogP contribution in [0.2, 0.25) is 0 Å². The highest BCUT2D eigenvalue weighted by Gasteiger charge is 2.04. The lowest BCUT2D eigenvalue weighted by Crippen LogP contribution is -2.13.